The number of carbonyl (C=O) groups excluding carboxylic acids is 1. The van der Waals surface area contributed by atoms with Gasteiger partial charge in [-0.3, -0.25) is 9.78 Å². The molecule has 0 unspecified atom stereocenters. The molecule has 5 nitrogen and oxygen atoms in total. The van der Waals surface area contributed by atoms with E-state index in [1.807, 2.05) is 0 Å². The average Bonchev–Trinajstić information content (AvgIpc) is 3.23. The highest BCUT2D eigenvalue weighted by Crippen LogP contribution is 2.38. The summed E-state index contributed by atoms with van der Waals surface area (Å²) >= 11 is 0. The molecule has 2 aliphatic rings. The second-order valence-corrected chi connectivity index (χ2v) is 10.6. The van der Waals surface area contributed by atoms with Crippen LogP contribution in [-0.4, -0.2) is 47.0 Å². The number of aromatic nitrogens is 2. The molecule has 1 amide bonds. The molecular formula is C29H38N4O. The number of H-pyrrole nitrogens is 1. The van der Waals surface area contributed by atoms with Crippen LogP contribution in [0.1, 0.15) is 73.9 Å². The predicted octanol–water partition coefficient (Wildman–Crippen LogP) is 5.68. The van der Waals surface area contributed by atoms with Crippen LogP contribution in [0.3, 0.4) is 0 Å². The fourth-order valence-corrected chi connectivity index (χ4v) is 6.05. The number of aromatic amines is 1. The van der Waals surface area contributed by atoms with Gasteiger partial charge in [0.2, 0.25) is 5.91 Å². The molecule has 34 heavy (non-hydrogen) atoms. The van der Waals surface area contributed by atoms with Gasteiger partial charge in [-0.2, -0.15) is 0 Å². The number of hydrogen-bond acceptors (Lipinski definition) is 3. The minimum Gasteiger partial charge on any atom is -0.354 e. The molecular weight excluding hydrogens is 420 g/mol. The van der Waals surface area contributed by atoms with Gasteiger partial charge in [-0.15, -0.1) is 0 Å². The molecule has 1 aromatic carbocycles. The van der Waals surface area contributed by atoms with Gasteiger partial charge in [0, 0.05) is 46.9 Å². The van der Waals surface area contributed by atoms with Crippen LogP contribution in [0.4, 0.5) is 0 Å². The summed E-state index contributed by atoms with van der Waals surface area (Å²) in [6, 6.07) is 11.3. The SMILES string of the molecule is Cc1cc(-c2[nH]c3ccc(C4CCN(C(=O)C5CCNCC5)CC4)cc3c2C(C)C)cc(C)n1. The summed E-state index contributed by atoms with van der Waals surface area (Å²) in [5.74, 6) is 1.54. The van der Waals surface area contributed by atoms with Gasteiger partial charge in [0.05, 0.1) is 5.69 Å². The van der Waals surface area contributed by atoms with Crippen LogP contribution in [0, 0.1) is 19.8 Å². The van der Waals surface area contributed by atoms with Crippen molar-refractivity contribution < 1.29 is 4.79 Å². The van der Waals surface area contributed by atoms with Gasteiger partial charge in [0.1, 0.15) is 0 Å². The number of fused-ring (bicyclic) bond motifs is 1. The molecule has 0 spiro atoms. The number of pyridine rings is 1. The lowest BCUT2D eigenvalue weighted by atomic mass is 9.86. The number of likely N-dealkylation sites (tertiary alicyclic amines) is 1. The Morgan fingerprint density at radius 3 is 2.32 bits per heavy atom. The monoisotopic (exact) mass is 458 g/mol. The molecule has 2 fully saturated rings. The molecule has 0 aliphatic carbocycles. The summed E-state index contributed by atoms with van der Waals surface area (Å²) in [6.45, 7) is 12.4. The number of benzene rings is 1. The molecule has 2 aliphatic heterocycles. The maximum atomic E-state index is 13.0. The molecule has 3 aromatic rings. The van der Waals surface area contributed by atoms with Crippen molar-refractivity contribution >= 4 is 16.8 Å². The molecule has 0 radical (unpaired) electrons. The molecule has 4 heterocycles. The highest BCUT2D eigenvalue weighted by molar-refractivity contribution is 5.92. The van der Waals surface area contributed by atoms with Gasteiger partial charge in [-0.05, 0) is 99.8 Å². The smallest absolute Gasteiger partial charge is 0.225 e. The van der Waals surface area contributed by atoms with Crippen LogP contribution < -0.4 is 5.32 Å². The van der Waals surface area contributed by atoms with Gasteiger partial charge in [0.25, 0.3) is 0 Å². The van der Waals surface area contributed by atoms with Crippen LogP contribution in [0.15, 0.2) is 30.3 Å². The Hall–Kier alpha value is -2.66. The Balaban J connectivity index is 1.39. The summed E-state index contributed by atoms with van der Waals surface area (Å²) in [4.78, 5) is 23.4. The standard InChI is InChI=1S/C29H38N4O/c1-18(2)27-25-17-23(5-6-26(25)32-28(27)24-15-19(3)31-20(4)16-24)21-9-13-33(14-10-21)29(34)22-7-11-30-12-8-22/h5-6,15-18,21-22,30,32H,7-14H2,1-4H3. The minimum atomic E-state index is 0.224. The van der Waals surface area contributed by atoms with Gasteiger partial charge in [-0.25, -0.2) is 0 Å². The maximum absolute atomic E-state index is 13.0. The van der Waals surface area contributed by atoms with E-state index in [1.165, 1.54) is 33.3 Å². The normalized spacial score (nSPS) is 18.2. The van der Waals surface area contributed by atoms with Crippen LogP contribution in [0.5, 0.6) is 0 Å². The molecule has 2 aromatic heterocycles. The largest absolute Gasteiger partial charge is 0.354 e. The number of nitrogens with one attached hydrogen (secondary N) is 2. The predicted molar refractivity (Wildman–Crippen MR) is 139 cm³/mol. The summed E-state index contributed by atoms with van der Waals surface area (Å²) in [6.07, 6.45) is 4.08. The van der Waals surface area contributed by atoms with Crippen molar-refractivity contribution in [2.75, 3.05) is 26.2 Å². The topological polar surface area (TPSA) is 61.0 Å². The lowest BCUT2D eigenvalue weighted by molar-refractivity contribution is -0.137. The van der Waals surface area contributed by atoms with E-state index in [4.69, 9.17) is 0 Å². The number of piperidine rings is 2. The molecule has 2 N–H and O–H groups in total. The molecule has 180 valence electrons. The number of rotatable bonds is 4. The van der Waals surface area contributed by atoms with Crippen molar-refractivity contribution in [3.63, 3.8) is 0 Å². The lowest BCUT2D eigenvalue weighted by Crippen LogP contribution is -2.44. The maximum Gasteiger partial charge on any atom is 0.225 e. The van der Waals surface area contributed by atoms with E-state index in [-0.39, 0.29) is 5.92 Å². The molecule has 0 saturated carbocycles. The zero-order chi connectivity index (χ0) is 23.8. The Morgan fingerprint density at radius 1 is 1.00 bits per heavy atom. The highest BCUT2D eigenvalue weighted by Gasteiger charge is 2.30. The van der Waals surface area contributed by atoms with E-state index in [0.717, 1.165) is 63.3 Å². The van der Waals surface area contributed by atoms with Gasteiger partial charge in [0.15, 0.2) is 0 Å². The number of carbonyl (C=O) groups is 1. The zero-order valence-corrected chi connectivity index (χ0v) is 21.1. The van der Waals surface area contributed by atoms with Crippen molar-refractivity contribution in [1.29, 1.82) is 0 Å². The van der Waals surface area contributed by atoms with Crippen LogP contribution >= 0.6 is 0 Å². The van der Waals surface area contributed by atoms with Crippen molar-refractivity contribution in [1.82, 2.24) is 20.2 Å². The van der Waals surface area contributed by atoms with Crippen LogP contribution in [-0.2, 0) is 4.79 Å². The fourth-order valence-electron chi connectivity index (χ4n) is 6.05. The summed E-state index contributed by atoms with van der Waals surface area (Å²) in [7, 11) is 0. The van der Waals surface area contributed by atoms with Crippen molar-refractivity contribution in [2.24, 2.45) is 5.92 Å². The number of hydrogen-bond donors (Lipinski definition) is 2. The summed E-state index contributed by atoms with van der Waals surface area (Å²) in [5.41, 5.74) is 8.54. The second-order valence-electron chi connectivity index (χ2n) is 10.6. The fraction of sp³-hybridized carbons (Fsp3) is 0.517. The van der Waals surface area contributed by atoms with Crippen LogP contribution in [0.25, 0.3) is 22.2 Å². The first-order chi connectivity index (χ1) is 16.4. The first kappa shape index (κ1) is 23.1. The van der Waals surface area contributed by atoms with Gasteiger partial charge >= 0.3 is 0 Å². The summed E-state index contributed by atoms with van der Waals surface area (Å²) in [5, 5.41) is 4.71. The highest BCUT2D eigenvalue weighted by atomic mass is 16.2. The first-order valence-electron chi connectivity index (χ1n) is 13.0. The van der Waals surface area contributed by atoms with Crippen molar-refractivity contribution in [3.05, 3.63) is 52.8 Å². The Labute approximate surface area is 203 Å². The number of amides is 1. The van der Waals surface area contributed by atoms with E-state index >= 15 is 0 Å². The van der Waals surface area contributed by atoms with Crippen LogP contribution in [0.2, 0.25) is 0 Å². The quantitative estimate of drug-likeness (QED) is 0.529. The van der Waals surface area contributed by atoms with E-state index in [9.17, 15) is 4.79 Å². The molecule has 0 atom stereocenters. The Kier molecular flexibility index (Phi) is 6.48. The molecule has 0 bridgehead atoms. The Bertz CT molecular complexity index is 1160. The summed E-state index contributed by atoms with van der Waals surface area (Å²) < 4.78 is 0. The zero-order valence-electron chi connectivity index (χ0n) is 21.1. The third kappa shape index (κ3) is 4.50. The van der Waals surface area contributed by atoms with E-state index in [0.29, 0.717) is 17.7 Å². The van der Waals surface area contributed by atoms with Crippen molar-refractivity contribution in [2.45, 2.75) is 65.2 Å². The van der Waals surface area contributed by atoms with Gasteiger partial charge < -0.3 is 15.2 Å². The number of aryl methyl sites for hydroxylation is 2. The molecule has 5 heteroatoms. The third-order valence-corrected chi connectivity index (χ3v) is 7.78. The van der Waals surface area contributed by atoms with E-state index in [1.54, 1.807) is 0 Å². The first-order valence-corrected chi connectivity index (χ1v) is 13.0. The lowest BCUT2D eigenvalue weighted by Gasteiger charge is -2.35. The van der Waals surface area contributed by atoms with Gasteiger partial charge in [-0.1, -0.05) is 19.9 Å². The third-order valence-electron chi connectivity index (χ3n) is 7.78. The van der Waals surface area contributed by atoms with E-state index < -0.39 is 0 Å². The second kappa shape index (κ2) is 9.53. The molecule has 5 rings (SSSR count). The van der Waals surface area contributed by atoms with Crippen molar-refractivity contribution in [3.8, 4) is 11.3 Å². The Morgan fingerprint density at radius 2 is 1.68 bits per heavy atom. The minimum absolute atomic E-state index is 0.224. The van der Waals surface area contributed by atoms with E-state index in [2.05, 4.69) is 78.2 Å². The molecule has 2 saturated heterocycles. The average molecular weight is 459 g/mol. The number of nitrogens with zero attached hydrogens (tertiary/aromatic N) is 2.